The highest BCUT2D eigenvalue weighted by Crippen LogP contribution is 2.25. The van der Waals surface area contributed by atoms with Crippen LogP contribution in [0.3, 0.4) is 0 Å². The van der Waals surface area contributed by atoms with E-state index in [1.165, 1.54) is 0 Å². The molecular formula is C25H28N4O4. The first-order chi connectivity index (χ1) is 16.1. The normalized spacial score (nSPS) is 15.7. The van der Waals surface area contributed by atoms with E-state index in [1.54, 1.807) is 37.6 Å². The Morgan fingerprint density at radius 1 is 1.15 bits per heavy atom. The molecule has 0 radical (unpaired) electrons. The number of hydrogen-bond acceptors (Lipinski definition) is 5. The van der Waals surface area contributed by atoms with Crippen LogP contribution in [0.25, 0.3) is 5.69 Å². The summed E-state index contributed by atoms with van der Waals surface area (Å²) >= 11 is 0. The molecule has 3 heterocycles. The van der Waals surface area contributed by atoms with Gasteiger partial charge in [0, 0.05) is 37.6 Å². The summed E-state index contributed by atoms with van der Waals surface area (Å²) in [5, 5.41) is 3.00. The predicted octanol–water partition coefficient (Wildman–Crippen LogP) is 3.06. The summed E-state index contributed by atoms with van der Waals surface area (Å²) in [6, 6.07) is 12.9. The number of benzene rings is 1. The zero-order chi connectivity index (χ0) is 23.2. The third-order valence-corrected chi connectivity index (χ3v) is 5.91. The first kappa shape index (κ1) is 22.4. The van der Waals surface area contributed by atoms with Crippen LogP contribution in [-0.2, 0) is 11.3 Å². The molecule has 0 spiro atoms. The Morgan fingerprint density at radius 3 is 2.79 bits per heavy atom. The standard InChI is InChI=1S/C25H28N4O4/c1-32-21-9-10-23(33-2)19(14-21)15-27-24(30)18-6-4-12-28(17-18)25(31)22-8-5-13-29(22)20-7-3-11-26-16-20/h3,5,7-11,13-14,16,18H,4,6,12,15,17H2,1-2H3,(H,27,30)/t18-/m0/s1. The lowest BCUT2D eigenvalue weighted by atomic mass is 9.96. The average Bonchev–Trinajstić information content (AvgIpc) is 3.37. The molecule has 1 aliphatic rings. The first-order valence-electron chi connectivity index (χ1n) is 11.0. The third kappa shape index (κ3) is 5.00. The van der Waals surface area contributed by atoms with E-state index in [4.69, 9.17) is 9.47 Å². The van der Waals surface area contributed by atoms with Crippen LogP contribution in [0, 0.1) is 5.92 Å². The van der Waals surface area contributed by atoms with Gasteiger partial charge in [0.1, 0.15) is 17.2 Å². The molecule has 2 amide bonds. The van der Waals surface area contributed by atoms with Crippen molar-refractivity contribution in [3.8, 4) is 17.2 Å². The Balaban J connectivity index is 1.42. The molecule has 33 heavy (non-hydrogen) atoms. The SMILES string of the molecule is COc1ccc(OC)c(CNC(=O)[C@H]2CCCN(C(=O)c3cccn3-c3cccnc3)C2)c1. The van der Waals surface area contributed by atoms with Crippen LogP contribution in [0.15, 0.2) is 61.1 Å². The number of hydrogen-bond donors (Lipinski definition) is 1. The van der Waals surface area contributed by atoms with Gasteiger partial charge < -0.3 is 24.3 Å². The number of methoxy groups -OCH3 is 2. The van der Waals surface area contributed by atoms with Crippen molar-refractivity contribution in [2.45, 2.75) is 19.4 Å². The van der Waals surface area contributed by atoms with Crippen molar-refractivity contribution >= 4 is 11.8 Å². The van der Waals surface area contributed by atoms with Crippen LogP contribution < -0.4 is 14.8 Å². The molecule has 0 bridgehead atoms. The van der Waals surface area contributed by atoms with Gasteiger partial charge in [-0.1, -0.05) is 0 Å². The molecule has 2 aromatic heterocycles. The maximum Gasteiger partial charge on any atom is 0.270 e. The summed E-state index contributed by atoms with van der Waals surface area (Å²) in [6.07, 6.45) is 6.79. The molecule has 8 heteroatoms. The Morgan fingerprint density at radius 2 is 2.03 bits per heavy atom. The van der Waals surface area contributed by atoms with Crippen LogP contribution in [0.5, 0.6) is 11.5 Å². The number of likely N-dealkylation sites (tertiary alicyclic amines) is 1. The summed E-state index contributed by atoms with van der Waals surface area (Å²) in [5.41, 5.74) is 2.22. The number of carbonyl (C=O) groups is 2. The number of amides is 2. The third-order valence-electron chi connectivity index (χ3n) is 5.91. The van der Waals surface area contributed by atoms with Crippen molar-refractivity contribution in [2.24, 2.45) is 5.92 Å². The number of aromatic nitrogens is 2. The van der Waals surface area contributed by atoms with Crippen molar-refractivity contribution in [2.75, 3.05) is 27.3 Å². The Kier molecular flexibility index (Phi) is 6.92. The molecule has 0 aliphatic carbocycles. The number of carbonyl (C=O) groups excluding carboxylic acids is 2. The maximum atomic E-state index is 13.3. The molecule has 1 saturated heterocycles. The molecule has 3 aromatic rings. The molecule has 1 fully saturated rings. The highest BCUT2D eigenvalue weighted by molar-refractivity contribution is 5.94. The molecule has 1 aliphatic heterocycles. The van der Waals surface area contributed by atoms with Crippen LogP contribution in [0.1, 0.15) is 28.9 Å². The topological polar surface area (TPSA) is 85.7 Å². The lowest BCUT2D eigenvalue weighted by Gasteiger charge is -2.32. The minimum atomic E-state index is -0.263. The molecule has 0 unspecified atom stereocenters. The van der Waals surface area contributed by atoms with E-state index in [0.717, 1.165) is 24.1 Å². The van der Waals surface area contributed by atoms with Crippen LogP contribution in [0.2, 0.25) is 0 Å². The minimum absolute atomic E-state index is 0.0694. The minimum Gasteiger partial charge on any atom is -0.497 e. The predicted molar refractivity (Wildman–Crippen MR) is 124 cm³/mol. The smallest absolute Gasteiger partial charge is 0.270 e. The fourth-order valence-corrected chi connectivity index (χ4v) is 4.16. The van der Waals surface area contributed by atoms with Crippen LogP contribution in [-0.4, -0.2) is 53.6 Å². The zero-order valence-electron chi connectivity index (χ0n) is 18.9. The number of piperidine rings is 1. The lowest BCUT2D eigenvalue weighted by Crippen LogP contribution is -2.45. The van der Waals surface area contributed by atoms with Crippen molar-refractivity contribution in [1.82, 2.24) is 19.8 Å². The van der Waals surface area contributed by atoms with Gasteiger partial charge in [0.15, 0.2) is 0 Å². The number of ether oxygens (including phenoxy) is 2. The summed E-state index contributed by atoms with van der Waals surface area (Å²) in [6.45, 7) is 1.34. The molecule has 1 N–H and O–H groups in total. The molecule has 8 nitrogen and oxygen atoms in total. The number of rotatable bonds is 7. The highest BCUT2D eigenvalue weighted by Gasteiger charge is 2.30. The van der Waals surface area contributed by atoms with Crippen molar-refractivity contribution < 1.29 is 19.1 Å². The summed E-state index contributed by atoms with van der Waals surface area (Å²) in [5.74, 6) is 0.968. The van der Waals surface area contributed by atoms with E-state index in [0.29, 0.717) is 36.8 Å². The van der Waals surface area contributed by atoms with Crippen molar-refractivity contribution in [3.05, 3.63) is 72.3 Å². The number of nitrogens with zero attached hydrogens (tertiary/aromatic N) is 3. The molecular weight excluding hydrogens is 420 g/mol. The summed E-state index contributed by atoms with van der Waals surface area (Å²) in [7, 11) is 3.20. The van der Waals surface area contributed by atoms with Gasteiger partial charge in [-0.15, -0.1) is 0 Å². The van der Waals surface area contributed by atoms with Crippen molar-refractivity contribution in [1.29, 1.82) is 0 Å². The van der Waals surface area contributed by atoms with Crippen molar-refractivity contribution in [3.63, 3.8) is 0 Å². The van der Waals surface area contributed by atoms with Gasteiger partial charge in [0.2, 0.25) is 5.91 Å². The summed E-state index contributed by atoms with van der Waals surface area (Å²) < 4.78 is 12.5. The van der Waals surface area contributed by atoms with E-state index in [2.05, 4.69) is 10.3 Å². The summed E-state index contributed by atoms with van der Waals surface area (Å²) in [4.78, 5) is 32.1. The monoisotopic (exact) mass is 448 g/mol. The largest absolute Gasteiger partial charge is 0.497 e. The fraction of sp³-hybridized carbons (Fsp3) is 0.320. The zero-order valence-corrected chi connectivity index (χ0v) is 18.9. The molecule has 1 atom stereocenters. The lowest BCUT2D eigenvalue weighted by molar-refractivity contribution is -0.126. The quantitative estimate of drug-likeness (QED) is 0.601. The molecule has 172 valence electrons. The van der Waals surface area contributed by atoms with Crippen LogP contribution >= 0.6 is 0 Å². The van der Waals surface area contributed by atoms with Gasteiger partial charge in [-0.3, -0.25) is 14.6 Å². The van der Waals surface area contributed by atoms with Gasteiger partial charge >= 0.3 is 0 Å². The fourth-order valence-electron chi connectivity index (χ4n) is 4.16. The molecule has 0 saturated carbocycles. The van der Waals surface area contributed by atoms with Gasteiger partial charge in [0.25, 0.3) is 5.91 Å². The van der Waals surface area contributed by atoms with E-state index in [9.17, 15) is 9.59 Å². The second kappa shape index (κ2) is 10.2. The van der Waals surface area contributed by atoms with Gasteiger partial charge in [-0.05, 0) is 55.3 Å². The Bertz CT molecular complexity index is 1110. The van der Waals surface area contributed by atoms with E-state index < -0.39 is 0 Å². The molecule has 1 aromatic carbocycles. The first-order valence-corrected chi connectivity index (χ1v) is 11.0. The van der Waals surface area contributed by atoms with Gasteiger partial charge in [0.05, 0.1) is 32.0 Å². The maximum absolute atomic E-state index is 13.3. The second-order valence-electron chi connectivity index (χ2n) is 7.96. The number of pyridine rings is 1. The Labute approximate surface area is 193 Å². The van der Waals surface area contributed by atoms with Gasteiger partial charge in [-0.2, -0.15) is 0 Å². The second-order valence-corrected chi connectivity index (χ2v) is 7.96. The van der Waals surface area contributed by atoms with E-state index in [-0.39, 0.29) is 17.7 Å². The van der Waals surface area contributed by atoms with E-state index in [1.807, 2.05) is 47.2 Å². The van der Waals surface area contributed by atoms with Crippen LogP contribution in [0.4, 0.5) is 0 Å². The highest BCUT2D eigenvalue weighted by atomic mass is 16.5. The Hall–Kier alpha value is -3.81. The molecule has 4 rings (SSSR count). The number of nitrogens with one attached hydrogen (secondary N) is 1. The average molecular weight is 449 g/mol. The van der Waals surface area contributed by atoms with E-state index >= 15 is 0 Å². The van der Waals surface area contributed by atoms with Gasteiger partial charge in [-0.25, -0.2) is 0 Å².